The van der Waals surface area contributed by atoms with Crippen LogP contribution in [-0.2, 0) is 10.2 Å². The summed E-state index contributed by atoms with van der Waals surface area (Å²) in [5.74, 6) is 0.237. The van der Waals surface area contributed by atoms with Gasteiger partial charge in [-0.3, -0.25) is 0 Å². The van der Waals surface area contributed by atoms with E-state index in [4.69, 9.17) is 4.74 Å². The van der Waals surface area contributed by atoms with Crippen molar-refractivity contribution in [2.45, 2.75) is 31.2 Å². The van der Waals surface area contributed by atoms with Gasteiger partial charge in [0.25, 0.3) is 0 Å². The Labute approximate surface area is 179 Å². The van der Waals surface area contributed by atoms with Crippen molar-refractivity contribution in [2.75, 3.05) is 19.8 Å². The summed E-state index contributed by atoms with van der Waals surface area (Å²) >= 11 is 0. The molecule has 0 saturated carbocycles. The van der Waals surface area contributed by atoms with Gasteiger partial charge in [0.1, 0.15) is 5.82 Å². The third kappa shape index (κ3) is 4.72. The zero-order valence-electron chi connectivity index (χ0n) is 17.3. The van der Waals surface area contributed by atoms with Crippen LogP contribution < -0.4 is 10.6 Å². The maximum Gasteiger partial charge on any atom is 0.315 e. The smallest absolute Gasteiger partial charge is 0.315 e. The highest BCUT2D eigenvalue weighted by molar-refractivity contribution is 5.74. The van der Waals surface area contributed by atoms with Crippen LogP contribution in [0.1, 0.15) is 37.2 Å². The Hall–Kier alpha value is -3.33. The molecule has 2 heterocycles. The lowest BCUT2D eigenvalue weighted by Gasteiger charge is -2.38. The van der Waals surface area contributed by atoms with Crippen molar-refractivity contribution in [1.82, 2.24) is 30.8 Å². The maximum absolute atomic E-state index is 13.8. The first-order valence-electron chi connectivity index (χ1n) is 10.3. The Morgan fingerprint density at radius 3 is 2.71 bits per heavy atom. The number of hydrogen-bond donors (Lipinski definition) is 2. The molecule has 162 valence electrons. The third-order valence-electron chi connectivity index (χ3n) is 5.70. The van der Waals surface area contributed by atoms with Gasteiger partial charge in [0.2, 0.25) is 0 Å². The fourth-order valence-electron chi connectivity index (χ4n) is 3.93. The molecular weight excluding hydrogens is 399 g/mol. The number of rotatable bonds is 6. The quantitative estimate of drug-likeness (QED) is 0.635. The molecule has 1 fully saturated rings. The molecule has 4 rings (SSSR count). The van der Waals surface area contributed by atoms with Crippen LogP contribution in [0.4, 0.5) is 9.18 Å². The SMILES string of the molecule is CC(NC(=O)NCC1(c2cccc(F)c2)CCOCC1)c1nnnn1-c1ccccc1. The second-order valence-corrected chi connectivity index (χ2v) is 7.74. The summed E-state index contributed by atoms with van der Waals surface area (Å²) in [6.07, 6.45) is 1.41. The van der Waals surface area contributed by atoms with Crippen LogP contribution >= 0.6 is 0 Å². The summed E-state index contributed by atoms with van der Waals surface area (Å²) in [6.45, 7) is 3.34. The number of tetrazole rings is 1. The van der Waals surface area contributed by atoms with Gasteiger partial charge >= 0.3 is 6.03 Å². The van der Waals surface area contributed by atoms with E-state index in [1.165, 1.54) is 6.07 Å². The largest absolute Gasteiger partial charge is 0.381 e. The summed E-state index contributed by atoms with van der Waals surface area (Å²) in [7, 11) is 0. The van der Waals surface area contributed by atoms with E-state index >= 15 is 0 Å². The summed E-state index contributed by atoms with van der Waals surface area (Å²) in [6, 6.07) is 15.3. The lowest BCUT2D eigenvalue weighted by Crippen LogP contribution is -2.48. The van der Waals surface area contributed by atoms with Gasteiger partial charge in [-0.25, -0.2) is 9.18 Å². The van der Waals surface area contributed by atoms with Crippen LogP contribution in [0.5, 0.6) is 0 Å². The van der Waals surface area contributed by atoms with Gasteiger partial charge in [0, 0.05) is 25.2 Å². The number of benzene rings is 2. The highest BCUT2D eigenvalue weighted by Crippen LogP contribution is 2.34. The van der Waals surface area contributed by atoms with Crippen LogP contribution in [0, 0.1) is 5.82 Å². The fraction of sp³-hybridized carbons (Fsp3) is 0.364. The molecule has 1 unspecified atom stereocenters. The normalized spacial score (nSPS) is 16.5. The molecule has 2 aromatic carbocycles. The molecule has 1 aromatic heterocycles. The Bertz CT molecular complexity index is 1020. The molecule has 2 N–H and O–H groups in total. The van der Waals surface area contributed by atoms with Crippen molar-refractivity contribution >= 4 is 6.03 Å². The number of hydrogen-bond acceptors (Lipinski definition) is 5. The Morgan fingerprint density at radius 1 is 1.19 bits per heavy atom. The number of para-hydroxylation sites is 1. The number of carbonyl (C=O) groups is 1. The zero-order valence-corrected chi connectivity index (χ0v) is 17.3. The van der Waals surface area contributed by atoms with Crippen LogP contribution in [0.25, 0.3) is 5.69 Å². The van der Waals surface area contributed by atoms with Crippen molar-refractivity contribution in [3.8, 4) is 5.69 Å². The minimum absolute atomic E-state index is 0.283. The first-order valence-corrected chi connectivity index (χ1v) is 10.3. The Morgan fingerprint density at radius 2 is 1.97 bits per heavy atom. The minimum Gasteiger partial charge on any atom is -0.381 e. The number of halogens is 1. The number of urea groups is 1. The van der Waals surface area contributed by atoms with Crippen LogP contribution in [0.15, 0.2) is 54.6 Å². The van der Waals surface area contributed by atoms with Gasteiger partial charge in [-0.15, -0.1) is 5.10 Å². The van der Waals surface area contributed by atoms with E-state index in [0.29, 0.717) is 38.4 Å². The first-order chi connectivity index (χ1) is 15.1. The highest BCUT2D eigenvalue weighted by Gasteiger charge is 2.35. The molecule has 0 aliphatic carbocycles. The van der Waals surface area contributed by atoms with Crippen molar-refractivity contribution in [3.05, 3.63) is 71.8 Å². The molecule has 3 aromatic rings. The molecule has 1 atom stereocenters. The molecule has 0 spiro atoms. The van der Waals surface area contributed by atoms with Crippen molar-refractivity contribution in [3.63, 3.8) is 0 Å². The molecule has 0 bridgehead atoms. The van der Waals surface area contributed by atoms with Crippen molar-refractivity contribution < 1.29 is 13.9 Å². The number of ether oxygens (including phenoxy) is 1. The number of nitrogens with zero attached hydrogens (tertiary/aromatic N) is 4. The zero-order chi connectivity index (χ0) is 21.7. The van der Waals surface area contributed by atoms with Gasteiger partial charge in [-0.05, 0) is 60.0 Å². The van der Waals surface area contributed by atoms with Crippen LogP contribution in [0.2, 0.25) is 0 Å². The number of amides is 2. The van der Waals surface area contributed by atoms with Crippen molar-refractivity contribution in [2.24, 2.45) is 0 Å². The number of nitrogens with one attached hydrogen (secondary N) is 2. The van der Waals surface area contributed by atoms with Crippen LogP contribution in [0.3, 0.4) is 0 Å². The summed E-state index contributed by atoms with van der Waals surface area (Å²) in [4.78, 5) is 12.7. The summed E-state index contributed by atoms with van der Waals surface area (Å²) < 4.78 is 20.9. The molecule has 8 nitrogen and oxygen atoms in total. The van der Waals surface area contributed by atoms with Gasteiger partial charge in [-0.1, -0.05) is 30.3 Å². The average molecular weight is 424 g/mol. The summed E-state index contributed by atoms with van der Waals surface area (Å²) in [5.41, 5.74) is 1.31. The Balaban J connectivity index is 1.43. The molecule has 9 heteroatoms. The highest BCUT2D eigenvalue weighted by atomic mass is 19.1. The van der Waals surface area contributed by atoms with Crippen molar-refractivity contribution in [1.29, 1.82) is 0 Å². The fourth-order valence-corrected chi connectivity index (χ4v) is 3.93. The lowest BCUT2D eigenvalue weighted by atomic mass is 9.74. The first kappa shape index (κ1) is 20.9. The van der Waals surface area contributed by atoms with E-state index in [9.17, 15) is 9.18 Å². The molecule has 0 radical (unpaired) electrons. The van der Waals surface area contributed by atoms with Gasteiger partial charge in [0.15, 0.2) is 5.82 Å². The Kier molecular flexibility index (Phi) is 6.22. The monoisotopic (exact) mass is 424 g/mol. The van der Waals surface area contributed by atoms with E-state index < -0.39 is 6.04 Å². The minimum atomic E-state index is -0.421. The molecular formula is C22H25FN6O2. The number of aromatic nitrogens is 4. The standard InChI is InChI=1S/C22H25FN6O2/c1-16(20-26-27-28-29(20)19-8-3-2-4-9-19)25-21(30)24-15-22(10-12-31-13-11-22)17-6-5-7-18(23)14-17/h2-9,14,16H,10-13,15H2,1H3,(H2,24,25,30). The summed E-state index contributed by atoms with van der Waals surface area (Å²) in [5, 5.41) is 17.7. The molecule has 31 heavy (non-hydrogen) atoms. The van der Waals surface area contributed by atoms with E-state index in [2.05, 4.69) is 26.2 Å². The van der Waals surface area contributed by atoms with Gasteiger partial charge in [0.05, 0.1) is 11.7 Å². The van der Waals surface area contributed by atoms with Gasteiger partial charge in [-0.2, -0.15) is 4.68 Å². The van der Waals surface area contributed by atoms with E-state index in [1.807, 2.05) is 43.3 Å². The molecule has 1 aliphatic heterocycles. The van der Waals surface area contributed by atoms with E-state index in [1.54, 1.807) is 16.8 Å². The predicted molar refractivity (Wildman–Crippen MR) is 112 cm³/mol. The maximum atomic E-state index is 13.8. The number of carbonyl (C=O) groups excluding carboxylic acids is 1. The molecule has 2 amide bonds. The average Bonchev–Trinajstić information content (AvgIpc) is 3.29. The third-order valence-corrected chi connectivity index (χ3v) is 5.70. The second kappa shape index (κ2) is 9.22. The van der Waals surface area contributed by atoms with E-state index in [0.717, 1.165) is 11.3 Å². The molecule has 1 saturated heterocycles. The molecule has 1 aliphatic rings. The van der Waals surface area contributed by atoms with E-state index in [-0.39, 0.29) is 17.3 Å². The topological polar surface area (TPSA) is 94.0 Å². The predicted octanol–water partition coefficient (Wildman–Crippen LogP) is 2.91. The van der Waals surface area contributed by atoms with Gasteiger partial charge < -0.3 is 15.4 Å². The lowest BCUT2D eigenvalue weighted by molar-refractivity contribution is 0.0505. The second-order valence-electron chi connectivity index (χ2n) is 7.74. The van der Waals surface area contributed by atoms with Crippen LogP contribution in [-0.4, -0.2) is 46.0 Å².